The van der Waals surface area contributed by atoms with Crippen molar-refractivity contribution < 1.29 is 10.0 Å². The van der Waals surface area contributed by atoms with Gasteiger partial charge in [-0.15, -0.1) is 0 Å². The van der Waals surface area contributed by atoms with Crippen LogP contribution in [0, 0.1) is 0 Å². The zero-order chi connectivity index (χ0) is 13.0. The Kier molecular flexibility index (Phi) is 4.81. The van der Waals surface area contributed by atoms with Gasteiger partial charge in [-0.05, 0) is 36.8 Å². The van der Waals surface area contributed by atoms with E-state index in [2.05, 4.69) is 17.9 Å². The van der Waals surface area contributed by atoms with Crippen LogP contribution in [0.25, 0.3) is 0 Å². The molecule has 1 heterocycles. The third kappa shape index (κ3) is 3.34. The number of rotatable bonds is 4. The minimum atomic E-state index is -1.37. The third-order valence-electron chi connectivity index (χ3n) is 3.86. The molecule has 1 aromatic carbocycles. The van der Waals surface area contributed by atoms with Gasteiger partial charge in [-0.1, -0.05) is 37.6 Å². The summed E-state index contributed by atoms with van der Waals surface area (Å²) in [5.41, 5.74) is 1.75. The summed E-state index contributed by atoms with van der Waals surface area (Å²) in [7, 11) is -1.37. The van der Waals surface area contributed by atoms with Crippen LogP contribution < -0.4 is 5.46 Å². The Labute approximate surface area is 110 Å². The summed E-state index contributed by atoms with van der Waals surface area (Å²) < 4.78 is 0. The Hall–Kier alpha value is -0.835. The largest absolute Gasteiger partial charge is 0.488 e. The van der Waals surface area contributed by atoms with E-state index >= 15 is 0 Å². The first-order chi connectivity index (χ1) is 8.70. The predicted octanol–water partition coefficient (Wildman–Crippen LogP) is 1.13. The first-order valence-electron chi connectivity index (χ1n) is 6.89. The molecule has 0 aromatic heterocycles. The lowest BCUT2D eigenvalue weighted by Crippen LogP contribution is -2.39. The standard InChI is InChI=1S/C14H22BNO2/c1-2-14-8-3-4-9-16(14)11-12-6-5-7-13(10-12)15(17)18/h5-7,10,14,17-18H,2-4,8-9,11H2,1H3. The van der Waals surface area contributed by atoms with Crippen LogP contribution in [0.4, 0.5) is 0 Å². The molecule has 1 unspecified atom stereocenters. The number of hydrogen-bond acceptors (Lipinski definition) is 3. The summed E-state index contributed by atoms with van der Waals surface area (Å²) in [4.78, 5) is 2.52. The van der Waals surface area contributed by atoms with Crippen LogP contribution in [0.15, 0.2) is 24.3 Å². The van der Waals surface area contributed by atoms with Gasteiger partial charge in [0.25, 0.3) is 0 Å². The highest BCUT2D eigenvalue weighted by Crippen LogP contribution is 2.21. The molecule has 0 radical (unpaired) electrons. The van der Waals surface area contributed by atoms with Crippen molar-refractivity contribution in [2.24, 2.45) is 0 Å². The second-order valence-corrected chi connectivity index (χ2v) is 5.15. The fourth-order valence-corrected chi connectivity index (χ4v) is 2.82. The van der Waals surface area contributed by atoms with Crippen LogP contribution in [-0.2, 0) is 6.54 Å². The average molecular weight is 247 g/mol. The van der Waals surface area contributed by atoms with E-state index in [9.17, 15) is 10.0 Å². The molecule has 2 rings (SSSR count). The van der Waals surface area contributed by atoms with Gasteiger partial charge in [0, 0.05) is 12.6 Å². The summed E-state index contributed by atoms with van der Waals surface area (Å²) in [5, 5.41) is 18.4. The molecule has 1 atom stereocenters. The smallest absolute Gasteiger partial charge is 0.423 e. The highest BCUT2D eigenvalue weighted by atomic mass is 16.4. The Morgan fingerprint density at radius 2 is 2.17 bits per heavy atom. The van der Waals surface area contributed by atoms with E-state index in [0.717, 1.165) is 13.1 Å². The molecule has 0 amide bonds. The fourth-order valence-electron chi connectivity index (χ4n) is 2.82. The summed E-state index contributed by atoms with van der Waals surface area (Å²) in [5.74, 6) is 0. The molecule has 1 aliphatic rings. The van der Waals surface area contributed by atoms with Crippen LogP contribution >= 0.6 is 0 Å². The van der Waals surface area contributed by atoms with Gasteiger partial charge in [0.1, 0.15) is 0 Å². The Morgan fingerprint density at radius 3 is 2.89 bits per heavy atom. The molecule has 0 spiro atoms. The molecule has 18 heavy (non-hydrogen) atoms. The Morgan fingerprint density at radius 1 is 1.33 bits per heavy atom. The first kappa shape index (κ1) is 13.6. The van der Waals surface area contributed by atoms with Crippen molar-refractivity contribution in [3.05, 3.63) is 29.8 Å². The lowest BCUT2D eigenvalue weighted by atomic mass is 9.79. The zero-order valence-corrected chi connectivity index (χ0v) is 11.0. The molecule has 1 aromatic rings. The van der Waals surface area contributed by atoms with Crippen LogP contribution in [0.1, 0.15) is 38.2 Å². The van der Waals surface area contributed by atoms with Crippen molar-refractivity contribution >= 4 is 12.6 Å². The second-order valence-electron chi connectivity index (χ2n) is 5.15. The molecule has 0 saturated carbocycles. The van der Waals surface area contributed by atoms with E-state index in [1.165, 1.54) is 31.2 Å². The predicted molar refractivity (Wildman–Crippen MR) is 74.6 cm³/mol. The molecule has 0 aliphatic carbocycles. The van der Waals surface area contributed by atoms with E-state index in [1.54, 1.807) is 6.07 Å². The quantitative estimate of drug-likeness (QED) is 0.784. The maximum Gasteiger partial charge on any atom is 0.488 e. The molecule has 2 N–H and O–H groups in total. The maximum atomic E-state index is 9.19. The summed E-state index contributed by atoms with van der Waals surface area (Å²) in [6.07, 6.45) is 5.10. The topological polar surface area (TPSA) is 43.7 Å². The number of likely N-dealkylation sites (tertiary alicyclic amines) is 1. The van der Waals surface area contributed by atoms with Gasteiger partial charge in [-0.3, -0.25) is 4.90 Å². The van der Waals surface area contributed by atoms with Crippen molar-refractivity contribution in [3.8, 4) is 0 Å². The Bertz CT molecular complexity index is 384. The molecular formula is C14H22BNO2. The summed E-state index contributed by atoms with van der Waals surface area (Å²) in [6.45, 7) is 4.32. The van der Waals surface area contributed by atoms with Gasteiger partial charge in [0.2, 0.25) is 0 Å². The van der Waals surface area contributed by atoms with Gasteiger partial charge in [-0.2, -0.15) is 0 Å². The zero-order valence-electron chi connectivity index (χ0n) is 11.0. The number of nitrogens with zero attached hydrogens (tertiary/aromatic N) is 1. The monoisotopic (exact) mass is 247 g/mol. The molecule has 1 fully saturated rings. The molecule has 4 heteroatoms. The van der Waals surface area contributed by atoms with Crippen LogP contribution in [0.3, 0.4) is 0 Å². The second kappa shape index (κ2) is 6.37. The van der Waals surface area contributed by atoms with Crippen LogP contribution in [-0.4, -0.2) is 34.7 Å². The van der Waals surface area contributed by atoms with Crippen LogP contribution in [0.5, 0.6) is 0 Å². The lowest BCUT2D eigenvalue weighted by molar-refractivity contribution is 0.136. The minimum Gasteiger partial charge on any atom is -0.423 e. The van der Waals surface area contributed by atoms with E-state index in [-0.39, 0.29) is 0 Å². The average Bonchev–Trinajstić information content (AvgIpc) is 2.39. The van der Waals surface area contributed by atoms with Crippen molar-refractivity contribution in [2.75, 3.05) is 6.54 Å². The van der Waals surface area contributed by atoms with Crippen molar-refractivity contribution in [1.29, 1.82) is 0 Å². The van der Waals surface area contributed by atoms with Gasteiger partial charge >= 0.3 is 7.12 Å². The van der Waals surface area contributed by atoms with Crippen molar-refractivity contribution in [3.63, 3.8) is 0 Å². The SMILES string of the molecule is CCC1CCCCN1Cc1cccc(B(O)O)c1. The molecule has 3 nitrogen and oxygen atoms in total. The van der Waals surface area contributed by atoms with Crippen molar-refractivity contribution in [1.82, 2.24) is 4.90 Å². The fraction of sp³-hybridized carbons (Fsp3) is 0.571. The third-order valence-corrected chi connectivity index (χ3v) is 3.86. The van der Waals surface area contributed by atoms with Gasteiger partial charge in [0.05, 0.1) is 0 Å². The van der Waals surface area contributed by atoms with Crippen molar-refractivity contribution in [2.45, 2.75) is 45.2 Å². The van der Waals surface area contributed by atoms with E-state index in [0.29, 0.717) is 11.5 Å². The minimum absolute atomic E-state index is 0.581. The summed E-state index contributed by atoms with van der Waals surface area (Å²) in [6, 6.07) is 8.29. The van der Waals surface area contributed by atoms with E-state index in [1.807, 2.05) is 12.1 Å². The molecular weight excluding hydrogens is 225 g/mol. The van der Waals surface area contributed by atoms with Crippen LogP contribution in [0.2, 0.25) is 0 Å². The van der Waals surface area contributed by atoms with Gasteiger partial charge in [-0.25, -0.2) is 0 Å². The highest BCUT2D eigenvalue weighted by Gasteiger charge is 2.21. The summed E-state index contributed by atoms with van der Waals surface area (Å²) >= 11 is 0. The Balaban J connectivity index is 2.05. The molecule has 1 saturated heterocycles. The maximum absolute atomic E-state index is 9.19. The van der Waals surface area contributed by atoms with Gasteiger partial charge < -0.3 is 10.0 Å². The molecule has 1 aliphatic heterocycles. The lowest BCUT2D eigenvalue weighted by Gasteiger charge is -2.35. The molecule has 98 valence electrons. The number of benzene rings is 1. The van der Waals surface area contributed by atoms with E-state index in [4.69, 9.17) is 0 Å². The van der Waals surface area contributed by atoms with E-state index < -0.39 is 7.12 Å². The number of piperidine rings is 1. The number of hydrogen-bond donors (Lipinski definition) is 2. The highest BCUT2D eigenvalue weighted by molar-refractivity contribution is 6.58. The first-order valence-corrected chi connectivity index (χ1v) is 6.89. The molecule has 0 bridgehead atoms. The van der Waals surface area contributed by atoms with Gasteiger partial charge in [0.15, 0.2) is 0 Å². The normalized spacial score (nSPS) is 20.9.